The van der Waals surface area contributed by atoms with Crippen molar-refractivity contribution in [3.05, 3.63) is 33.9 Å². The Balaban J connectivity index is 1.83. The van der Waals surface area contributed by atoms with Gasteiger partial charge in [0.15, 0.2) is 0 Å². The zero-order chi connectivity index (χ0) is 15.0. The summed E-state index contributed by atoms with van der Waals surface area (Å²) >= 11 is 0. The fourth-order valence-electron chi connectivity index (χ4n) is 3.62. The number of nitro groups is 1. The van der Waals surface area contributed by atoms with Crippen molar-refractivity contribution in [1.29, 1.82) is 0 Å². The Labute approximate surface area is 122 Å². The molecule has 2 aliphatic rings. The van der Waals surface area contributed by atoms with E-state index in [0.717, 1.165) is 19.2 Å². The summed E-state index contributed by atoms with van der Waals surface area (Å²) in [7, 11) is 0. The molecule has 1 spiro atoms. The van der Waals surface area contributed by atoms with Crippen LogP contribution in [0.3, 0.4) is 0 Å². The standard InChI is InChI=1S/C15H18N2O4/c18-14(19)11-4-5-12(13(8-11)17(20)21)16-9-15(10-16)6-2-1-3-7-15/h4-5,8H,1-3,6-7,9-10H2,(H,18,19). The van der Waals surface area contributed by atoms with E-state index in [0.29, 0.717) is 11.1 Å². The number of rotatable bonds is 3. The molecule has 1 N–H and O–H groups in total. The molecule has 0 atom stereocenters. The lowest BCUT2D eigenvalue weighted by molar-refractivity contribution is -0.384. The molecule has 1 aromatic carbocycles. The van der Waals surface area contributed by atoms with E-state index in [1.165, 1.54) is 38.2 Å². The Morgan fingerprint density at radius 1 is 1.24 bits per heavy atom. The number of anilines is 1. The summed E-state index contributed by atoms with van der Waals surface area (Å²) in [5.41, 5.74) is 0.720. The summed E-state index contributed by atoms with van der Waals surface area (Å²) in [5.74, 6) is -1.14. The van der Waals surface area contributed by atoms with Gasteiger partial charge in [-0.1, -0.05) is 19.3 Å². The summed E-state index contributed by atoms with van der Waals surface area (Å²) in [4.78, 5) is 23.7. The van der Waals surface area contributed by atoms with E-state index in [1.54, 1.807) is 6.07 Å². The van der Waals surface area contributed by atoms with Gasteiger partial charge in [0.1, 0.15) is 5.69 Å². The smallest absolute Gasteiger partial charge is 0.335 e. The third-order valence-corrected chi connectivity index (χ3v) is 4.73. The van der Waals surface area contributed by atoms with Gasteiger partial charge in [-0.25, -0.2) is 4.79 Å². The maximum atomic E-state index is 11.2. The number of nitrogens with zero attached hydrogens (tertiary/aromatic N) is 2. The van der Waals surface area contributed by atoms with E-state index in [2.05, 4.69) is 0 Å². The second-order valence-electron chi connectivity index (χ2n) is 6.18. The third-order valence-electron chi connectivity index (χ3n) is 4.73. The van der Waals surface area contributed by atoms with Crippen LogP contribution in [0, 0.1) is 15.5 Å². The van der Waals surface area contributed by atoms with Crippen LogP contribution in [0.4, 0.5) is 11.4 Å². The Kier molecular flexibility index (Phi) is 3.31. The maximum absolute atomic E-state index is 11.2. The molecular weight excluding hydrogens is 272 g/mol. The van der Waals surface area contributed by atoms with Gasteiger partial charge < -0.3 is 10.0 Å². The van der Waals surface area contributed by atoms with Crippen molar-refractivity contribution < 1.29 is 14.8 Å². The molecule has 1 heterocycles. The number of hydrogen-bond donors (Lipinski definition) is 1. The molecule has 0 radical (unpaired) electrons. The van der Waals surface area contributed by atoms with Gasteiger partial charge in [0.2, 0.25) is 0 Å². The van der Waals surface area contributed by atoms with Crippen molar-refractivity contribution in [2.24, 2.45) is 5.41 Å². The van der Waals surface area contributed by atoms with Gasteiger partial charge in [0, 0.05) is 24.6 Å². The normalized spacial score (nSPS) is 20.1. The fourth-order valence-corrected chi connectivity index (χ4v) is 3.62. The van der Waals surface area contributed by atoms with Crippen LogP contribution in [0.2, 0.25) is 0 Å². The molecule has 2 fully saturated rings. The molecule has 6 nitrogen and oxygen atoms in total. The minimum Gasteiger partial charge on any atom is -0.478 e. The number of carbonyl (C=O) groups is 1. The number of hydrogen-bond acceptors (Lipinski definition) is 4. The van der Waals surface area contributed by atoms with Crippen LogP contribution in [-0.4, -0.2) is 29.1 Å². The van der Waals surface area contributed by atoms with Gasteiger partial charge >= 0.3 is 5.97 Å². The van der Waals surface area contributed by atoms with Crippen LogP contribution in [0.5, 0.6) is 0 Å². The van der Waals surface area contributed by atoms with Crippen molar-refractivity contribution in [2.75, 3.05) is 18.0 Å². The first kappa shape index (κ1) is 13.9. The summed E-state index contributed by atoms with van der Waals surface area (Å²) in [6.45, 7) is 1.69. The monoisotopic (exact) mass is 290 g/mol. The highest BCUT2D eigenvalue weighted by atomic mass is 16.6. The molecule has 6 heteroatoms. The lowest BCUT2D eigenvalue weighted by atomic mass is 9.68. The highest BCUT2D eigenvalue weighted by Crippen LogP contribution is 2.47. The van der Waals surface area contributed by atoms with Crippen LogP contribution in [0.25, 0.3) is 0 Å². The molecule has 112 valence electrons. The first-order chi connectivity index (χ1) is 10.0. The van der Waals surface area contributed by atoms with E-state index >= 15 is 0 Å². The number of nitro benzene ring substituents is 1. The average Bonchev–Trinajstić information content (AvgIpc) is 2.44. The minimum atomic E-state index is -1.14. The van der Waals surface area contributed by atoms with Crippen LogP contribution in [-0.2, 0) is 0 Å². The average molecular weight is 290 g/mol. The molecule has 21 heavy (non-hydrogen) atoms. The van der Waals surface area contributed by atoms with E-state index in [4.69, 9.17) is 5.11 Å². The van der Waals surface area contributed by atoms with Gasteiger partial charge in [-0.3, -0.25) is 10.1 Å². The van der Waals surface area contributed by atoms with E-state index in [1.807, 2.05) is 4.90 Å². The zero-order valence-electron chi connectivity index (χ0n) is 11.7. The van der Waals surface area contributed by atoms with Gasteiger partial charge in [0.25, 0.3) is 5.69 Å². The Morgan fingerprint density at radius 2 is 1.90 bits per heavy atom. The Hall–Kier alpha value is -2.11. The SMILES string of the molecule is O=C(O)c1ccc(N2CC3(CCCCC3)C2)c([N+](=O)[O-])c1. The molecule has 1 aliphatic carbocycles. The van der Waals surface area contributed by atoms with E-state index < -0.39 is 10.9 Å². The van der Waals surface area contributed by atoms with Gasteiger partial charge in [-0.15, -0.1) is 0 Å². The van der Waals surface area contributed by atoms with Gasteiger partial charge in [-0.05, 0) is 25.0 Å². The first-order valence-corrected chi connectivity index (χ1v) is 7.27. The quantitative estimate of drug-likeness (QED) is 0.683. The lowest BCUT2D eigenvalue weighted by Gasteiger charge is -2.53. The van der Waals surface area contributed by atoms with Crippen LogP contribution < -0.4 is 4.90 Å². The minimum absolute atomic E-state index is 0.0432. The van der Waals surface area contributed by atoms with E-state index in [9.17, 15) is 14.9 Å². The zero-order valence-corrected chi connectivity index (χ0v) is 11.7. The Morgan fingerprint density at radius 3 is 2.48 bits per heavy atom. The highest BCUT2D eigenvalue weighted by molar-refractivity contribution is 5.90. The van der Waals surface area contributed by atoms with Crippen LogP contribution in [0.15, 0.2) is 18.2 Å². The third kappa shape index (κ3) is 2.46. The van der Waals surface area contributed by atoms with Crippen molar-refractivity contribution in [2.45, 2.75) is 32.1 Å². The molecule has 1 saturated heterocycles. The molecule has 1 aliphatic heterocycles. The highest BCUT2D eigenvalue weighted by Gasteiger charge is 2.44. The molecule has 1 saturated carbocycles. The van der Waals surface area contributed by atoms with Gasteiger partial charge in [-0.2, -0.15) is 0 Å². The first-order valence-electron chi connectivity index (χ1n) is 7.27. The predicted molar refractivity (Wildman–Crippen MR) is 77.8 cm³/mol. The Bertz CT molecular complexity index is 585. The number of aromatic carboxylic acids is 1. The summed E-state index contributed by atoms with van der Waals surface area (Å²) in [6.07, 6.45) is 6.17. The molecule has 0 bridgehead atoms. The number of carboxylic acids is 1. The topological polar surface area (TPSA) is 83.7 Å². The van der Waals surface area contributed by atoms with Crippen molar-refractivity contribution in [3.63, 3.8) is 0 Å². The molecule has 1 aromatic rings. The number of carboxylic acid groups (broad SMARTS) is 1. The van der Waals surface area contributed by atoms with Crippen LogP contribution in [0.1, 0.15) is 42.5 Å². The van der Waals surface area contributed by atoms with Crippen molar-refractivity contribution in [1.82, 2.24) is 0 Å². The second-order valence-corrected chi connectivity index (χ2v) is 6.18. The summed E-state index contributed by atoms with van der Waals surface area (Å²) in [5, 5.41) is 20.1. The van der Waals surface area contributed by atoms with Crippen LogP contribution >= 0.6 is 0 Å². The van der Waals surface area contributed by atoms with Gasteiger partial charge in [0.05, 0.1) is 10.5 Å². The fraction of sp³-hybridized carbons (Fsp3) is 0.533. The van der Waals surface area contributed by atoms with E-state index in [-0.39, 0.29) is 11.3 Å². The molecule has 3 rings (SSSR count). The molecule has 0 aromatic heterocycles. The van der Waals surface area contributed by atoms with Crippen molar-refractivity contribution >= 4 is 17.3 Å². The molecule has 0 amide bonds. The maximum Gasteiger partial charge on any atom is 0.335 e. The molecular formula is C15H18N2O4. The molecule has 0 unspecified atom stereocenters. The number of benzene rings is 1. The predicted octanol–water partition coefficient (Wildman–Crippen LogP) is 3.06. The largest absolute Gasteiger partial charge is 0.478 e. The lowest BCUT2D eigenvalue weighted by Crippen LogP contribution is -2.57. The van der Waals surface area contributed by atoms with Crippen molar-refractivity contribution in [3.8, 4) is 0 Å². The summed E-state index contributed by atoms with van der Waals surface area (Å²) in [6, 6.07) is 4.16. The second kappa shape index (κ2) is 5.02. The summed E-state index contributed by atoms with van der Waals surface area (Å²) < 4.78 is 0.